The van der Waals surface area contributed by atoms with Crippen molar-refractivity contribution in [2.45, 2.75) is 20.0 Å². The first kappa shape index (κ1) is 9.21. The number of aromatic nitrogens is 2. The average molecular weight is 190 g/mol. The molecule has 0 unspecified atom stereocenters. The van der Waals surface area contributed by atoms with Crippen LogP contribution in [-0.4, -0.2) is 14.9 Å². The van der Waals surface area contributed by atoms with Crippen molar-refractivity contribution in [2.24, 2.45) is 7.05 Å². The van der Waals surface area contributed by atoms with Crippen molar-refractivity contribution in [1.29, 1.82) is 0 Å². The van der Waals surface area contributed by atoms with Crippen molar-refractivity contribution < 1.29 is 5.11 Å². The van der Waals surface area contributed by atoms with Crippen LogP contribution in [0.25, 0.3) is 10.9 Å². The molecular formula is C11H14N2O. The van der Waals surface area contributed by atoms with Crippen molar-refractivity contribution in [1.82, 2.24) is 9.78 Å². The molecule has 1 aromatic heterocycles. The number of benzene rings is 1. The van der Waals surface area contributed by atoms with Crippen molar-refractivity contribution in [2.75, 3.05) is 0 Å². The molecule has 3 nitrogen and oxygen atoms in total. The number of aliphatic hydroxyl groups excluding tert-OH is 1. The molecule has 2 aromatic rings. The summed E-state index contributed by atoms with van der Waals surface area (Å²) in [6.45, 7) is 2.18. The van der Waals surface area contributed by atoms with Crippen LogP contribution in [0.15, 0.2) is 18.2 Å². The highest BCUT2D eigenvalue weighted by Gasteiger charge is 2.06. The molecule has 0 radical (unpaired) electrons. The Hall–Kier alpha value is -1.35. The lowest BCUT2D eigenvalue weighted by Crippen LogP contribution is -1.90. The zero-order valence-electron chi connectivity index (χ0n) is 8.49. The summed E-state index contributed by atoms with van der Waals surface area (Å²) in [5, 5.41) is 14.6. The molecule has 0 aliphatic rings. The monoisotopic (exact) mass is 190 g/mol. The molecule has 0 aliphatic heterocycles. The summed E-state index contributed by atoms with van der Waals surface area (Å²) in [5.74, 6) is 0. The molecule has 14 heavy (non-hydrogen) atoms. The second-order valence-electron chi connectivity index (χ2n) is 3.43. The van der Waals surface area contributed by atoms with Crippen molar-refractivity contribution in [3.8, 4) is 0 Å². The van der Waals surface area contributed by atoms with E-state index in [-0.39, 0.29) is 6.61 Å². The zero-order chi connectivity index (χ0) is 10.1. The summed E-state index contributed by atoms with van der Waals surface area (Å²) >= 11 is 0. The van der Waals surface area contributed by atoms with Crippen molar-refractivity contribution >= 4 is 10.9 Å². The normalized spacial score (nSPS) is 11.1. The molecule has 0 saturated carbocycles. The SMILES string of the molecule is CCc1nn(C)c2ccc(CO)cc12. The highest BCUT2D eigenvalue weighted by molar-refractivity contribution is 5.82. The Morgan fingerprint density at radius 3 is 2.86 bits per heavy atom. The van der Waals surface area contributed by atoms with Gasteiger partial charge in [0.15, 0.2) is 0 Å². The topological polar surface area (TPSA) is 38.0 Å². The molecule has 0 spiro atoms. The van der Waals surface area contributed by atoms with Gasteiger partial charge in [0.2, 0.25) is 0 Å². The van der Waals surface area contributed by atoms with E-state index in [0.717, 1.165) is 28.6 Å². The van der Waals surface area contributed by atoms with Crippen LogP contribution in [-0.2, 0) is 20.1 Å². The first-order valence-electron chi connectivity index (χ1n) is 4.81. The van der Waals surface area contributed by atoms with Gasteiger partial charge in [-0.05, 0) is 24.1 Å². The van der Waals surface area contributed by atoms with Gasteiger partial charge in [0, 0.05) is 12.4 Å². The van der Waals surface area contributed by atoms with Crippen LogP contribution in [0.2, 0.25) is 0 Å². The van der Waals surface area contributed by atoms with Gasteiger partial charge in [-0.3, -0.25) is 4.68 Å². The summed E-state index contributed by atoms with van der Waals surface area (Å²) in [6, 6.07) is 5.96. The minimum Gasteiger partial charge on any atom is -0.392 e. The number of hydrogen-bond donors (Lipinski definition) is 1. The molecule has 3 heteroatoms. The smallest absolute Gasteiger partial charge is 0.0700 e. The van der Waals surface area contributed by atoms with E-state index in [1.807, 2.05) is 29.9 Å². The molecule has 0 amide bonds. The molecule has 2 rings (SSSR count). The van der Waals surface area contributed by atoms with Crippen LogP contribution >= 0.6 is 0 Å². The van der Waals surface area contributed by atoms with Gasteiger partial charge >= 0.3 is 0 Å². The van der Waals surface area contributed by atoms with Gasteiger partial charge in [-0.25, -0.2) is 0 Å². The molecule has 0 bridgehead atoms. The molecule has 0 atom stereocenters. The number of hydrogen-bond acceptors (Lipinski definition) is 2. The number of aliphatic hydroxyl groups is 1. The lowest BCUT2D eigenvalue weighted by molar-refractivity contribution is 0.282. The van der Waals surface area contributed by atoms with Gasteiger partial charge in [-0.2, -0.15) is 5.10 Å². The molecule has 1 N–H and O–H groups in total. The fourth-order valence-electron chi connectivity index (χ4n) is 1.74. The molecule has 0 saturated heterocycles. The Morgan fingerprint density at radius 2 is 2.21 bits per heavy atom. The predicted molar refractivity (Wildman–Crippen MR) is 56.0 cm³/mol. The molecule has 1 heterocycles. The van der Waals surface area contributed by atoms with Crippen LogP contribution in [0.3, 0.4) is 0 Å². The Morgan fingerprint density at radius 1 is 1.43 bits per heavy atom. The van der Waals surface area contributed by atoms with Gasteiger partial charge in [0.1, 0.15) is 0 Å². The zero-order valence-corrected chi connectivity index (χ0v) is 8.49. The van der Waals surface area contributed by atoms with E-state index < -0.39 is 0 Å². The Balaban J connectivity index is 2.71. The van der Waals surface area contributed by atoms with Crippen molar-refractivity contribution in [3.05, 3.63) is 29.5 Å². The lowest BCUT2D eigenvalue weighted by Gasteiger charge is -1.97. The molecular weight excluding hydrogens is 176 g/mol. The van der Waals surface area contributed by atoms with E-state index in [1.54, 1.807) is 0 Å². The first-order chi connectivity index (χ1) is 6.76. The van der Waals surface area contributed by atoms with Crippen LogP contribution in [0.5, 0.6) is 0 Å². The van der Waals surface area contributed by atoms with Crippen LogP contribution in [0.4, 0.5) is 0 Å². The van der Waals surface area contributed by atoms with Gasteiger partial charge < -0.3 is 5.11 Å². The second-order valence-corrected chi connectivity index (χ2v) is 3.43. The average Bonchev–Trinajstić information content (AvgIpc) is 2.55. The van der Waals surface area contributed by atoms with Gasteiger partial charge in [0.25, 0.3) is 0 Å². The summed E-state index contributed by atoms with van der Waals surface area (Å²) in [5.41, 5.74) is 3.16. The summed E-state index contributed by atoms with van der Waals surface area (Å²) in [7, 11) is 1.94. The minimum atomic E-state index is 0.0913. The van der Waals surface area contributed by atoms with E-state index >= 15 is 0 Å². The third-order valence-electron chi connectivity index (χ3n) is 2.51. The number of aryl methyl sites for hydroxylation is 2. The quantitative estimate of drug-likeness (QED) is 0.781. The predicted octanol–water partition coefficient (Wildman–Crippen LogP) is 1.63. The summed E-state index contributed by atoms with van der Waals surface area (Å²) < 4.78 is 1.88. The van der Waals surface area contributed by atoms with E-state index in [0.29, 0.717) is 0 Å². The largest absolute Gasteiger partial charge is 0.392 e. The number of rotatable bonds is 2. The molecule has 0 fully saturated rings. The van der Waals surface area contributed by atoms with Crippen LogP contribution < -0.4 is 0 Å². The fourth-order valence-corrected chi connectivity index (χ4v) is 1.74. The summed E-state index contributed by atoms with van der Waals surface area (Å²) in [6.07, 6.45) is 0.923. The second kappa shape index (κ2) is 3.42. The number of nitrogens with zero attached hydrogens (tertiary/aromatic N) is 2. The van der Waals surface area contributed by atoms with Crippen molar-refractivity contribution in [3.63, 3.8) is 0 Å². The minimum absolute atomic E-state index is 0.0913. The highest BCUT2D eigenvalue weighted by atomic mass is 16.3. The maximum absolute atomic E-state index is 9.04. The molecule has 1 aromatic carbocycles. The van der Waals surface area contributed by atoms with E-state index in [2.05, 4.69) is 12.0 Å². The Kier molecular flexibility index (Phi) is 2.25. The fraction of sp³-hybridized carbons (Fsp3) is 0.364. The van der Waals surface area contributed by atoms with Gasteiger partial charge in [-0.15, -0.1) is 0 Å². The Labute approximate surface area is 83.0 Å². The third-order valence-corrected chi connectivity index (χ3v) is 2.51. The molecule has 74 valence electrons. The highest BCUT2D eigenvalue weighted by Crippen LogP contribution is 2.19. The van der Waals surface area contributed by atoms with Crippen LogP contribution in [0, 0.1) is 0 Å². The maximum atomic E-state index is 9.04. The molecule has 0 aliphatic carbocycles. The first-order valence-corrected chi connectivity index (χ1v) is 4.81. The Bertz CT molecular complexity index is 460. The van der Waals surface area contributed by atoms with E-state index in [1.165, 1.54) is 0 Å². The van der Waals surface area contributed by atoms with E-state index in [9.17, 15) is 0 Å². The van der Waals surface area contributed by atoms with Crippen LogP contribution in [0.1, 0.15) is 18.2 Å². The maximum Gasteiger partial charge on any atom is 0.0700 e. The number of fused-ring (bicyclic) bond motifs is 1. The standard InChI is InChI=1S/C11H14N2O/c1-3-10-9-6-8(7-14)4-5-11(9)13(2)12-10/h4-6,14H,3,7H2,1-2H3. The van der Waals surface area contributed by atoms with Gasteiger partial charge in [-0.1, -0.05) is 13.0 Å². The summed E-state index contributed by atoms with van der Waals surface area (Å²) in [4.78, 5) is 0. The lowest BCUT2D eigenvalue weighted by atomic mass is 10.1. The van der Waals surface area contributed by atoms with Gasteiger partial charge in [0.05, 0.1) is 17.8 Å². The third kappa shape index (κ3) is 1.30. The van der Waals surface area contributed by atoms with E-state index in [4.69, 9.17) is 5.11 Å².